The molecule has 4 aromatic rings. The van der Waals surface area contributed by atoms with Crippen LogP contribution in [-0.4, -0.2) is 50.6 Å². The van der Waals surface area contributed by atoms with Gasteiger partial charge in [0.2, 0.25) is 10.0 Å². The number of halogens is 2. The lowest BCUT2D eigenvalue weighted by Crippen LogP contribution is -2.49. The van der Waals surface area contributed by atoms with Gasteiger partial charge >= 0.3 is 5.97 Å². The molecule has 0 saturated heterocycles. The van der Waals surface area contributed by atoms with Crippen molar-refractivity contribution >= 4 is 40.0 Å². The first-order valence-corrected chi connectivity index (χ1v) is 13.1. The Bertz CT molecular complexity index is 1470. The van der Waals surface area contributed by atoms with E-state index in [9.17, 15) is 18.3 Å². The van der Waals surface area contributed by atoms with Crippen LogP contribution < -0.4 is 0 Å². The first-order chi connectivity index (χ1) is 17.3. The third-order valence-electron chi connectivity index (χ3n) is 6.60. The largest absolute Gasteiger partial charge is 0.480 e. The van der Waals surface area contributed by atoms with Gasteiger partial charge < -0.3 is 9.67 Å². The topological polar surface area (TPSA) is 105 Å². The molecule has 37 heavy (non-hydrogen) atoms. The van der Waals surface area contributed by atoms with E-state index in [1.807, 2.05) is 42.5 Å². The molecule has 1 aliphatic carbocycles. The number of benzene rings is 3. The number of carboxylic acid groups (broad SMARTS) is 1. The number of rotatable bonds is 9. The second-order valence-electron chi connectivity index (χ2n) is 8.70. The highest BCUT2D eigenvalue weighted by atomic mass is 35.5. The van der Waals surface area contributed by atoms with Crippen molar-refractivity contribution in [2.75, 3.05) is 6.54 Å². The molecule has 1 heterocycles. The Balaban J connectivity index is 0.00000320. The molecule has 5 rings (SSSR count). The SMILES string of the molecule is Cl.O=C(O)[C@@]1(N(CCn2cnnc2)S(=O)(=O)c2ccc(-c3ccc(Cl)cc3)cc2)C[C@H]1c1ccccc1. The van der Waals surface area contributed by atoms with Gasteiger partial charge in [-0.2, -0.15) is 4.31 Å². The number of sulfonamides is 1. The van der Waals surface area contributed by atoms with E-state index in [0.717, 1.165) is 21.0 Å². The molecule has 2 atom stereocenters. The second-order valence-corrected chi connectivity index (χ2v) is 11.0. The number of nitrogens with zero attached hydrogens (tertiary/aromatic N) is 4. The molecule has 0 spiro atoms. The van der Waals surface area contributed by atoms with Crippen LogP contribution in [0.1, 0.15) is 17.9 Å². The van der Waals surface area contributed by atoms with Crippen LogP contribution in [0.3, 0.4) is 0 Å². The molecule has 11 heteroatoms. The normalized spacial score (nSPS) is 18.8. The fourth-order valence-electron chi connectivity index (χ4n) is 4.62. The first-order valence-electron chi connectivity index (χ1n) is 11.3. The van der Waals surface area contributed by atoms with Gasteiger partial charge in [0.25, 0.3) is 0 Å². The average Bonchev–Trinajstić information content (AvgIpc) is 3.42. The summed E-state index contributed by atoms with van der Waals surface area (Å²) in [6.45, 7) is 0.167. The van der Waals surface area contributed by atoms with E-state index in [-0.39, 0.29) is 36.8 Å². The highest BCUT2D eigenvalue weighted by Gasteiger charge is 2.67. The number of aromatic nitrogens is 3. The zero-order valence-electron chi connectivity index (χ0n) is 19.5. The highest BCUT2D eigenvalue weighted by Crippen LogP contribution is 2.57. The monoisotopic (exact) mass is 558 g/mol. The van der Waals surface area contributed by atoms with Gasteiger partial charge in [-0.1, -0.05) is 66.2 Å². The molecule has 0 aliphatic heterocycles. The molecule has 192 valence electrons. The number of carboxylic acids is 1. The minimum atomic E-state index is -4.16. The van der Waals surface area contributed by atoms with Gasteiger partial charge in [-0.15, -0.1) is 22.6 Å². The van der Waals surface area contributed by atoms with Crippen molar-refractivity contribution in [3.63, 3.8) is 0 Å². The molecule has 8 nitrogen and oxygen atoms in total. The number of carbonyl (C=O) groups is 1. The van der Waals surface area contributed by atoms with Crippen LogP contribution in [0, 0.1) is 0 Å². The van der Waals surface area contributed by atoms with E-state index in [4.69, 9.17) is 11.6 Å². The third-order valence-corrected chi connectivity index (χ3v) is 8.81. The van der Waals surface area contributed by atoms with Crippen molar-refractivity contribution in [1.29, 1.82) is 0 Å². The number of hydrogen-bond acceptors (Lipinski definition) is 5. The zero-order valence-corrected chi connectivity index (χ0v) is 21.9. The third kappa shape index (κ3) is 5.13. The van der Waals surface area contributed by atoms with Crippen molar-refractivity contribution in [2.45, 2.75) is 29.3 Å². The van der Waals surface area contributed by atoms with Crippen molar-refractivity contribution in [2.24, 2.45) is 0 Å². The molecular formula is C26H24Cl2N4O4S. The van der Waals surface area contributed by atoms with Gasteiger partial charge in [0, 0.05) is 24.0 Å². The summed E-state index contributed by atoms with van der Waals surface area (Å²) in [7, 11) is -4.16. The van der Waals surface area contributed by atoms with Crippen LogP contribution in [-0.2, 0) is 21.4 Å². The predicted octanol–water partition coefficient (Wildman–Crippen LogP) is 4.72. The van der Waals surface area contributed by atoms with Gasteiger partial charge in [0.1, 0.15) is 18.2 Å². The molecular weight excluding hydrogens is 535 g/mol. The lowest BCUT2D eigenvalue weighted by Gasteiger charge is -2.29. The van der Waals surface area contributed by atoms with Gasteiger partial charge in [0.05, 0.1) is 4.90 Å². The van der Waals surface area contributed by atoms with Gasteiger partial charge in [0.15, 0.2) is 0 Å². The number of aliphatic carboxylic acids is 1. The Morgan fingerprint density at radius 3 is 2.11 bits per heavy atom. The summed E-state index contributed by atoms with van der Waals surface area (Å²) in [5.41, 5.74) is 0.926. The Kier molecular flexibility index (Phi) is 7.70. The molecule has 0 radical (unpaired) electrons. The summed E-state index contributed by atoms with van der Waals surface area (Å²) >= 11 is 5.97. The molecule has 3 aromatic carbocycles. The van der Waals surface area contributed by atoms with Crippen LogP contribution in [0.2, 0.25) is 5.02 Å². The Hall–Kier alpha value is -3.24. The first kappa shape index (κ1) is 26.8. The minimum absolute atomic E-state index is 0. The Labute approximate surface area is 226 Å². The second kappa shape index (κ2) is 10.6. The number of hydrogen-bond donors (Lipinski definition) is 1. The predicted molar refractivity (Wildman–Crippen MR) is 142 cm³/mol. The van der Waals surface area contributed by atoms with Gasteiger partial charge in [-0.3, -0.25) is 4.79 Å². The molecule has 0 amide bonds. The fourth-order valence-corrected chi connectivity index (χ4v) is 6.51. The molecule has 1 aliphatic rings. The van der Waals surface area contributed by atoms with Crippen LogP contribution in [0.4, 0.5) is 0 Å². The molecule has 0 bridgehead atoms. The van der Waals surface area contributed by atoms with E-state index in [0.29, 0.717) is 5.02 Å². The average molecular weight is 559 g/mol. The summed E-state index contributed by atoms with van der Waals surface area (Å²) in [4.78, 5) is 12.7. The smallest absolute Gasteiger partial charge is 0.325 e. The standard InChI is InChI=1S/C26H23ClN4O4S.ClH/c27-22-10-6-19(7-11-22)20-8-12-23(13-9-20)36(34,35)31(15-14-30-17-28-29-18-30)26(25(32)33)16-24(26)21-4-2-1-3-5-21;/h1-13,17-18,24H,14-16H2,(H,32,33);1H/t24-,26+;/m0./s1. The maximum atomic E-state index is 14.0. The van der Waals surface area contributed by atoms with Crippen molar-refractivity contribution in [1.82, 2.24) is 19.1 Å². The molecule has 1 aromatic heterocycles. The lowest BCUT2D eigenvalue weighted by molar-refractivity contribution is -0.143. The summed E-state index contributed by atoms with van der Waals surface area (Å²) in [5, 5.41) is 18.5. The fraction of sp³-hybridized carbons (Fsp3) is 0.192. The van der Waals surface area contributed by atoms with Crippen LogP contribution in [0.5, 0.6) is 0 Å². The van der Waals surface area contributed by atoms with Gasteiger partial charge in [-0.05, 0) is 47.4 Å². The molecule has 1 saturated carbocycles. The Morgan fingerprint density at radius 1 is 0.973 bits per heavy atom. The molecule has 0 unspecified atom stereocenters. The maximum Gasteiger partial charge on any atom is 0.325 e. The van der Waals surface area contributed by atoms with E-state index < -0.39 is 27.4 Å². The van der Waals surface area contributed by atoms with Crippen LogP contribution >= 0.6 is 24.0 Å². The Morgan fingerprint density at radius 2 is 1.54 bits per heavy atom. The lowest BCUT2D eigenvalue weighted by atomic mass is 10.1. The van der Waals surface area contributed by atoms with Crippen LogP contribution in [0.15, 0.2) is 96.4 Å². The minimum Gasteiger partial charge on any atom is -0.480 e. The quantitative estimate of drug-likeness (QED) is 0.318. The van der Waals surface area contributed by atoms with Crippen LogP contribution in [0.25, 0.3) is 11.1 Å². The molecule has 1 fully saturated rings. The van der Waals surface area contributed by atoms with Crippen molar-refractivity contribution in [3.05, 3.63) is 102 Å². The highest BCUT2D eigenvalue weighted by molar-refractivity contribution is 7.89. The van der Waals surface area contributed by atoms with Gasteiger partial charge in [-0.25, -0.2) is 8.42 Å². The zero-order chi connectivity index (χ0) is 25.3. The summed E-state index contributed by atoms with van der Waals surface area (Å²) in [5.74, 6) is -1.62. The van der Waals surface area contributed by atoms with E-state index in [2.05, 4.69) is 10.2 Å². The summed E-state index contributed by atoms with van der Waals surface area (Å²) < 4.78 is 30.7. The van der Waals surface area contributed by atoms with E-state index in [1.54, 1.807) is 28.8 Å². The molecule has 1 N–H and O–H groups in total. The van der Waals surface area contributed by atoms with E-state index in [1.165, 1.54) is 24.8 Å². The van der Waals surface area contributed by atoms with Crippen molar-refractivity contribution in [3.8, 4) is 11.1 Å². The summed E-state index contributed by atoms with van der Waals surface area (Å²) in [6, 6.07) is 22.9. The maximum absolute atomic E-state index is 14.0. The van der Waals surface area contributed by atoms with Crippen molar-refractivity contribution < 1.29 is 18.3 Å². The summed E-state index contributed by atoms with van der Waals surface area (Å²) in [6.07, 6.45) is 3.14. The van der Waals surface area contributed by atoms with E-state index >= 15 is 0 Å².